The van der Waals surface area contributed by atoms with Crippen molar-refractivity contribution in [1.82, 2.24) is 0 Å². The average Bonchev–Trinajstić information content (AvgIpc) is 2.81. The van der Waals surface area contributed by atoms with Gasteiger partial charge in [0.25, 0.3) is 0 Å². The van der Waals surface area contributed by atoms with Gasteiger partial charge in [-0.05, 0) is 47.5 Å². The summed E-state index contributed by atoms with van der Waals surface area (Å²) in [7, 11) is 0. The van der Waals surface area contributed by atoms with Crippen LogP contribution in [0.25, 0.3) is 11.1 Å². The van der Waals surface area contributed by atoms with Gasteiger partial charge in [0.15, 0.2) is 0 Å². The molecule has 5 nitrogen and oxygen atoms in total. The molecule has 3 aromatic rings. The second kappa shape index (κ2) is 8.04. The van der Waals surface area contributed by atoms with E-state index in [2.05, 4.69) is 5.32 Å². The first kappa shape index (κ1) is 21.2. The lowest BCUT2D eigenvalue weighted by molar-refractivity contribution is -0.137. The second-order valence-corrected chi connectivity index (χ2v) is 7.82. The van der Waals surface area contributed by atoms with Crippen LogP contribution in [0.15, 0.2) is 60.7 Å². The topological polar surface area (TPSA) is 71.0 Å². The summed E-state index contributed by atoms with van der Waals surface area (Å²) in [6, 6.07) is 15.6. The first-order valence-corrected chi connectivity index (χ1v) is 10.4. The highest BCUT2D eigenvalue weighted by molar-refractivity contribution is 6.02. The van der Waals surface area contributed by atoms with Crippen LogP contribution in [-0.2, 0) is 6.18 Å². The molecule has 2 heterocycles. The predicted octanol–water partition coefficient (Wildman–Crippen LogP) is 5.25. The fourth-order valence-electron chi connectivity index (χ4n) is 4.26. The van der Waals surface area contributed by atoms with Crippen molar-refractivity contribution in [2.45, 2.75) is 12.3 Å². The Balaban J connectivity index is 1.65. The smallest absolute Gasteiger partial charge is 0.416 e. The summed E-state index contributed by atoms with van der Waals surface area (Å²) in [4.78, 5) is 0. The highest BCUT2D eigenvalue weighted by Crippen LogP contribution is 2.51. The predicted molar refractivity (Wildman–Crippen MR) is 117 cm³/mol. The van der Waals surface area contributed by atoms with Crippen LogP contribution in [0.1, 0.15) is 28.4 Å². The molecule has 0 amide bonds. The molecule has 0 saturated heterocycles. The number of halogens is 3. The molecule has 33 heavy (non-hydrogen) atoms. The number of nitrogens with one attached hydrogen (secondary N) is 1. The molecule has 0 bridgehead atoms. The molecule has 0 aromatic heterocycles. The van der Waals surface area contributed by atoms with E-state index in [-0.39, 0.29) is 24.7 Å². The number of benzene rings is 3. The van der Waals surface area contributed by atoms with Crippen LogP contribution in [0.5, 0.6) is 17.2 Å². The molecule has 0 fully saturated rings. The van der Waals surface area contributed by atoms with Crippen LogP contribution in [0.4, 0.5) is 18.9 Å². The maximum absolute atomic E-state index is 13.4. The number of hydrogen-bond donors (Lipinski definition) is 3. The van der Waals surface area contributed by atoms with Crippen LogP contribution in [0.2, 0.25) is 0 Å². The van der Waals surface area contributed by atoms with Gasteiger partial charge in [-0.1, -0.05) is 18.2 Å². The molecule has 0 unspecified atom stereocenters. The van der Waals surface area contributed by atoms with Crippen molar-refractivity contribution in [3.05, 3.63) is 82.9 Å². The molecule has 5 rings (SSSR count). The maximum Gasteiger partial charge on any atom is 0.416 e. The van der Waals surface area contributed by atoms with Gasteiger partial charge in [0.2, 0.25) is 0 Å². The Morgan fingerprint density at radius 2 is 1.76 bits per heavy atom. The molecular weight excluding hydrogens is 435 g/mol. The molecule has 170 valence electrons. The van der Waals surface area contributed by atoms with Crippen molar-refractivity contribution in [1.29, 1.82) is 0 Å². The Morgan fingerprint density at radius 1 is 1.00 bits per heavy atom. The van der Waals surface area contributed by atoms with Crippen LogP contribution in [-0.4, -0.2) is 30.0 Å². The highest BCUT2D eigenvalue weighted by atomic mass is 19.4. The number of phenolic OH excluding ortho intramolecular Hbond substituents is 1. The summed E-state index contributed by atoms with van der Waals surface area (Å²) in [5.41, 5.74) is 3.77. The summed E-state index contributed by atoms with van der Waals surface area (Å²) in [6.45, 7) is 0.422. The molecule has 2 aliphatic rings. The van der Waals surface area contributed by atoms with Gasteiger partial charge >= 0.3 is 6.18 Å². The molecule has 3 aromatic carbocycles. The molecule has 2 aliphatic heterocycles. The van der Waals surface area contributed by atoms with Crippen LogP contribution in [0.3, 0.4) is 0 Å². The second-order valence-electron chi connectivity index (χ2n) is 7.82. The van der Waals surface area contributed by atoms with Gasteiger partial charge < -0.3 is 25.0 Å². The number of phenols is 1. The number of rotatable bonds is 4. The molecule has 8 heteroatoms. The number of aliphatic hydroxyl groups excluding tert-OH is 1. The van der Waals surface area contributed by atoms with E-state index in [0.29, 0.717) is 17.9 Å². The fourth-order valence-corrected chi connectivity index (χ4v) is 4.26. The van der Waals surface area contributed by atoms with E-state index < -0.39 is 17.8 Å². The maximum atomic E-state index is 13.4. The minimum atomic E-state index is -4.48. The number of alkyl halides is 3. The molecular formula is C25H20F3NO4. The third kappa shape index (κ3) is 3.87. The van der Waals surface area contributed by atoms with E-state index in [1.54, 1.807) is 42.5 Å². The standard InChI is InChI=1S/C25H20F3NO4/c26-25(27,28)15-3-7-18-20-13-29-21-12-16(31)4-8-19(21)23(20)24(33-22(18)11-15)14-1-5-17(6-2-14)32-10-9-30/h1-8,11-12,24,29-31H,9-10,13H2/t24-/m1/s1. The Hall–Kier alpha value is -3.65. The van der Waals surface area contributed by atoms with Crippen molar-refractivity contribution in [2.24, 2.45) is 0 Å². The highest BCUT2D eigenvalue weighted by Gasteiger charge is 2.37. The quantitative estimate of drug-likeness (QED) is 0.501. The number of anilines is 1. The summed E-state index contributed by atoms with van der Waals surface area (Å²) in [5.74, 6) is 0.839. The van der Waals surface area contributed by atoms with Crippen molar-refractivity contribution >= 4 is 16.8 Å². The van der Waals surface area contributed by atoms with E-state index >= 15 is 0 Å². The zero-order chi connectivity index (χ0) is 23.2. The number of fused-ring (bicyclic) bond motifs is 4. The zero-order valence-electron chi connectivity index (χ0n) is 17.3. The van der Waals surface area contributed by atoms with Gasteiger partial charge in [-0.2, -0.15) is 13.2 Å². The molecule has 3 N–H and O–H groups in total. The first-order chi connectivity index (χ1) is 15.8. The third-order valence-electron chi connectivity index (χ3n) is 5.76. The Labute approximate surface area is 187 Å². The molecule has 1 atom stereocenters. The normalized spacial score (nSPS) is 16.8. The van der Waals surface area contributed by atoms with Crippen molar-refractivity contribution in [3.8, 4) is 17.2 Å². The van der Waals surface area contributed by atoms with Gasteiger partial charge in [0, 0.05) is 35.0 Å². The Morgan fingerprint density at radius 3 is 2.48 bits per heavy atom. The number of aromatic hydroxyl groups is 1. The molecule has 0 aliphatic carbocycles. The van der Waals surface area contributed by atoms with E-state index in [0.717, 1.165) is 40.1 Å². The van der Waals surface area contributed by atoms with Crippen LogP contribution < -0.4 is 14.8 Å². The van der Waals surface area contributed by atoms with Crippen molar-refractivity contribution in [3.63, 3.8) is 0 Å². The lowest BCUT2D eigenvalue weighted by Crippen LogP contribution is -2.24. The van der Waals surface area contributed by atoms with Crippen LogP contribution in [0, 0.1) is 0 Å². The van der Waals surface area contributed by atoms with E-state index in [1.807, 2.05) is 0 Å². The molecule has 0 spiro atoms. The van der Waals surface area contributed by atoms with Gasteiger partial charge in [-0.15, -0.1) is 0 Å². The van der Waals surface area contributed by atoms with Crippen molar-refractivity contribution < 1.29 is 32.9 Å². The van der Waals surface area contributed by atoms with Crippen molar-refractivity contribution in [2.75, 3.05) is 25.1 Å². The van der Waals surface area contributed by atoms with Crippen LogP contribution >= 0.6 is 0 Å². The number of hydrogen-bond acceptors (Lipinski definition) is 5. The fraction of sp³-hybridized carbons (Fsp3) is 0.200. The SMILES string of the molecule is OCCOc1ccc([C@H]2Oc3cc(C(F)(F)F)ccc3C3=C2c2ccc(O)cc2NC3)cc1. The summed E-state index contributed by atoms with van der Waals surface area (Å²) >= 11 is 0. The molecule has 0 radical (unpaired) electrons. The van der Waals surface area contributed by atoms with E-state index in [4.69, 9.17) is 14.6 Å². The third-order valence-corrected chi connectivity index (χ3v) is 5.76. The number of ether oxygens (including phenoxy) is 2. The summed E-state index contributed by atoms with van der Waals surface area (Å²) in [5, 5.41) is 22.1. The minimum absolute atomic E-state index is 0.110. The Kier molecular flexibility index (Phi) is 5.17. The largest absolute Gasteiger partial charge is 0.508 e. The van der Waals surface area contributed by atoms with Gasteiger partial charge in [-0.3, -0.25) is 0 Å². The lowest BCUT2D eigenvalue weighted by atomic mass is 9.82. The monoisotopic (exact) mass is 455 g/mol. The van der Waals surface area contributed by atoms with Gasteiger partial charge in [0.1, 0.15) is 30.0 Å². The number of aliphatic hydroxyl groups is 1. The van der Waals surface area contributed by atoms with E-state index in [1.165, 1.54) is 6.07 Å². The van der Waals surface area contributed by atoms with E-state index in [9.17, 15) is 18.3 Å². The zero-order valence-corrected chi connectivity index (χ0v) is 17.3. The minimum Gasteiger partial charge on any atom is -0.508 e. The molecule has 0 saturated carbocycles. The average molecular weight is 455 g/mol. The van der Waals surface area contributed by atoms with Gasteiger partial charge in [0.05, 0.1) is 12.2 Å². The Bertz CT molecular complexity index is 1240. The summed E-state index contributed by atoms with van der Waals surface area (Å²) < 4.78 is 51.7. The first-order valence-electron chi connectivity index (χ1n) is 10.4. The van der Waals surface area contributed by atoms with Gasteiger partial charge in [-0.25, -0.2) is 0 Å². The summed E-state index contributed by atoms with van der Waals surface area (Å²) in [6.07, 6.45) is -5.14. The lowest BCUT2D eigenvalue weighted by Gasteiger charge is -2.36.